The molecule has 1 unspecified atom stereocenters. The Labute approximate surface area is 138 Å². The van der Waals surface area contributed by atoms with Gasteiger partial charge in [-0.2, -0.15) is 0 Å². The van der Waals surface area contributed by atoms with Crippen molar-refractivity contribution in [3.8, 4) is 5.75 Å². The maximum Gasteiger partial charge on any atom is 0.340 e. The molecular weight excluding hydrogens is 312 g/mol. The third-order valence-corrected chi connectivity index (χ3v) is 3.28. The van der Waals surface area contributed by atoms with Gasteiger partial charge in [-0.1, -0.05) is 42.5 Å². The van der Waals surface area contributed by atoms with Crippen LogP contribution >= 0.6 is 0 Å². The summed E-state index contributed by atoms with van der Waals surface area (Å²) in [5.41, 5.74) is 0.620. The fourth-order valence-corrected chi connectivity index (χ4v) is 2.04. The number of carbonyl (C=O) groups is 3. The second kappa shape index (κ2) is 8.03. The molecule has 0 aliphatic heterocycles. The van der Waals surface area contributed by atoms with Crippen molar-refractivity contribution in [1.29, 1.82) is 0 Å². The number of ketones is 1. The van der Waals surface area contributed by atoms with Crippen molar-refractivity contribution in [3.63, 3.8) is 0 Å². The average molecular weight is 328 g/mol. The van der Waals surface area contributed by atoms with Crippen molar-refractivity contribution in [2.75, 3.05) is 0 Å². The molecule has 6 nitrogen and oxygen atoms in total. The molecule has 0 aliphatic carbocycles. The first kappa shape index (κ1) is 17.4. The van der Waals surface area contributed by atoms with Crippen molar-refractivity contribution in [3.05, 3.63) is 65.7 Å². The van der Waals surface area contributed by atoms with Gasteiger partial charge in [-0.15, -0.1) is 0 Å². The van der Waals surface area contributed by atoms with Crippen LogP contribution in [0.5, 0.6) is 5.75 Å². The fraction of sp³-hybridized carbons (Fsp3) is 0.167. The van der Waals surface area contributed by atoms with Crippen LogP contribution in [-0.4, -0.2) is 34.0 Å². The van der Waals surface area contributed by atoms with Gasteiger partial charge in [0, 0.05) is 12.0 Å². The SMILES string of the molecule is O=C(O)CCC(O)C(=O)Oc1ccccc1C(=O)c1ccccc1. The molecule has 0 bridgehead atoms. The topological polar surface area (TPSA) is 101 Å². The van der Waals surface area contributed by atoms with Gasteiger partial charge in [0.1, 0.15) is 5.75 Å². The summed E-state index contributed by atoms with van der Waals surface area (Å²) in [6, 6.07) is 14.7. The number of rotatable bonds is 7. The maximum absolute atomic E-state index is 12.5. The highest BCUT2D eigenvalue weighted by Gasteiger charge is 2.22. The van der Waals surface area contributed by atoms with Crippen molar-refractivity contribution in [1.82, 2.24) is 0 Å². The van der Waals surface area contributed by atoms with E-state index in [4.69, 9.17) is 9.84 Å². The predicted molar refractivity (Wildman–Crippen MR) is 84.8 cm³/mol. The number of ether oxygens (including phenoxy) is 1. The minimum atomic E-state index is -1.57. The minimum absolute atomic E-state index is 0.0192. The Kier molecular flexibility index (Phi) is 5.81. The lowest BCUT2D eigenvalue weighted by atomic mass is 10.0. The van der Waals surface area contributed by atoms with E-state index in [1.807, 2.05) is 0 Å². The summed E-state index contributed by atoms with van der Waals surface area (Å²) in [6.07, 6.45) is -2.19. The van der Waals surface area contributed by atoms with Crippen LogP contribution < -0.4 is 4.74 Å². The Morgan fingerprint density at radius 3 is 2.25 bits per heavy atom. The summed E-state index contributed by atoms with van der Waals surface area (Å²) in [6.45, 7) is 0. The predicted octanol–water partition coefficient (Wildman–Crippen LogP) is 2.05. The number of benzene rings is 2. The molecule has 2 aromatic rings. The Morgan fingerprint density at radius 1 is 0.958 bits per heavy atom. The molecule has 0 fully saturated rings. The van der Waals surface area contributed by atoms with Crippen LogP contribution in [0.2, 0.25) is 0 Å². The number of aliphatic hydroxyl groups is 1. The minimum Gasteiger partial charge on any atom is -0.481 e. The van der Waals surface area contributed by atoms with Gasteiger partial charge in [-0.25, -0.2) is 4.79 Å². The first-order valence-electron chi connectivity index (χ1n) is 7.29. The number of aliphatic hydroxyl groups excluding tert-OH is 1. The zero-order chi connectivity index (χ0) is 17.5. The van der Waals surface area contributed by atoms with E-state index in [1.54, 1.807) is 42.5 Å². The van der Waals surface area contributed by atoms with Gasteiger partial charge in [0.25, 0.3) is 0 Å². The third-order valence-electron chi connectivity index (χ3n) is 3.28. The third kappa shape index (κ3) is 4.50. The van der Waals surface area contributed by atoms with Gasteiger partial charge in [-0.05, 0) is 18.6 Å². The molecule has 2 N–H and O–H groups in total. The highest BCUT2D eigenvalue weighted by Crippen LogP contribution is 2.22. The molecule has 2 aromatic carbocycles. The van der Waals surface area contributed by atoms with E-state index in [9.17, 15) is 19.5 Å². The molecule has 0 aliphatic rings. The van der Waals surface area contributed by atoms with E-state index in [0.29, 0.717) is 5.56 Å². The van der Waals surface area contributed by atoms with Crippen LogP contribution in [0, 0.1) is 0 Å². The fourth-order valence-electron chi connectivity index (χ4n) is 2.04. The van der Waals surface area contributed by atoms with Gasteiger partial charge in [0.2, 0.25) is 0 Å². The van der Waals surface area contributed by atoms with Crippen LogP contribution in [0.25, 0.3) is 0 Å². The standard InChI is InChI=1S/C18H16O6/c19-14(10-11-16(20)21)18(23)24-15-9-5-4-8-13(15)17(22)12-6-2-1-3-7-12/h1-9,14,19H,10-11H2,(H,20,21). The Hall–Kier alpha value is -2.99. The van der Waals surface area contributed by atoms with Crippen LogP contribution in [0.15, 0.2) is 54.6 Å². The van der Waals surface area contributed by atoms with E-state index >= 15 is 0 Å². The van der Waals surface area contributed by atoms with Crippen LogP contribution in [0.1, 0.15) is 28.8 Å². The van der Waals surface area contributed by atoms with E-state index in [1.165, 1.54) is 12.1 Å². The Bertz CT molecular complexity index is 738. The number of carboxylic acids is 1. The molecule has 2 rings (SSSR count). The van der Waals surface area contributed by atoms with Crippen LogP contribution in [0.3, 0.4) is 0 Å². The monoisotopic (exact) mass is 328 g/mol. The van der Waals surface area contributed by atoms with E-state index in [0.717, 1.165) is 0 Å². The van der Waals surface area contributed by atoms with Crippen LogP contribution in [0.4, 0.5) is 0 Å². The summed E-state index contributed by atoms with van der Waals surface area (Å²) >= 11 is 0. The van der Waals surface area contributed by atoms with Crippen LogP contribution in [-0.2, 0) is 9.59 Å². The molecule has 0 radical (unpaired) electrons. The summed E-state index contributed by atoms with van der Waals surface area (Å²) in [5.74, 6) is -2.42. The first-order chi connectivity index (χ1) is 11.5. The highest BCUT2D eigenvalue weighted by molar-refractivity contribution is 6.11. The summed E-state index contributed by atoms with van der Waals surface area (Å²) < 4.78 is 5.08. The van der Waals surface area contributed by atoms with E-state index in [-0.39, 0.29) is 29.9 Å². The number of carbonyl (C=O) groups excluding carboxylic acids is 2. The molecule has 6 heteroatoms. The van der Waals surface area contributed by atoms with Crippen molar-refractivity contribution in [2.45, 2.75) is 18.9 Å². The van der Waals surface area contributed by atoms with Gasteiger partial charge < -0.3 is 14.9 Å². The zero-order valence-corrected chi connectivity index (χ0v) is 12.7. The second-order valence-corrected chi connectivity index (χ2v) is 5.06. The van der Waals surface area contributed by atoms with Gasteiger partial charge in [0.15, 0.2) is 11.9 Å². The lowest BCUT2D eigenvalue weighted by Gasteiger charge is -2.12. The number of aliphatic carboxylic acids is 1. The molecule has 24 heavy (non-hydrogen) atoms. The number of esters is 1. The molecule has 0 amide bonds. The second-order valence-electron chi connectivity index (χ2n) is 5.06. The smallest absolute Gasteiger partial charge is 0.340 e. The molecule has 0 spiro atoms. The lowest BCUT2D eigenvalue weighted by molar-refractivity contribution is -0.145. The van der Waals surface area contributed by atoms with Crippen molar-refractivity contribution >= 4 is 17.7 Å². The molecule has 0 saturated heterocycles. The van der Waals surface area contributed by atoms with E-state index < -0.39 is 18.0 Å². The number of para-hydroxylation sites is 1. The summed E-state index contributed by atoms with van der Waals surface area (Å²) in [4.78, 5) is 34.8. The Morgan fingerprint density at radius 2 is 1.58 bits per heavy atom. The quantitative estimate of drug-likeness (QED) is 0.458. The molecule has 124 valence electrons. The molecular formula is C18H16O6. The molecule has 0 aromatic heterocycles. The lowest BCUT2D eigenvalue weighted by Crippen LogP contribution is -2.27. The van der Waals surface area contributed by atoms with E-state index in [2.05, 4.69) is 0 Å². The van der Waals surface area contributed by atoms with Crippen molar-refractivity contribution < 1.29 is 29.3 Å². The maximum atomic E-state index is 12.5. The highest BCUT2D eigenvalue weighted by atomic mass is 16.5. The Balaban J connectivity index is 2.16. The molecule has 1 atom stereocenters. The van der Waals surface area contributed by atoms with Gasteiger partial charge in [-0.3, -0.25) is 9.59 Å². The van der Waals surface area contributed by atoms with Gasteiger partial charge in [0.05, 0.1) is 5.56 Å². The zero-order valence-electron chi connectivity index (χ0n) is 12.7. The summed E-state index contributed by atoms with van der Waals surface area (Å²) in [7, 11) is 0. The van der Waals surface area contributed by atoms with Crippen molar-refractivity contribution in [2.24, 2.45) is 0 Å². The molecule has 0 heterocycles. The first-order valence-corrected chi connectivity index (χ1v) is 7.29. The largest absolute Gasteiger partial charge is 0.481 e. The normalized spacial score (nSPS) is 11.5. The summed E-state index contributed by atoms with van der Waals surface area (Å²) in [5, 5.41) is 18.2. The number of hydrogen-bond acceptors (Lipinski definition) is 5. The van der Waals surface area contributed by atoms with Gasteiger partial charge >= 0.3 is 11.9 Å². The number of carboxylic acid groups (broad SMARTS) is 1. The molecule has 0 saturated carbocycles. The average Bonchev–Trinajstić information content (AvgIpc) is 2.60. The number of hydrogen-bond donors (Lipinski definition) is 2.